The van der Waals surface area contributed by atoms with E-state index in [-0.39, 0.29) is 21.9 Å². The normalized spacial score (nSPS) is 19.0. The molecule has 7 nitrogen and oxygen atoms in total. The second-order valence-corrected chi connectivity index (χ2v) is 12.1. The van der Waals surface area contributed by atoms with Gasteiger partial charge in [0, 0.05) is 23.3 Å². The van der Waals surface area contributed by atoms with Crippen LogP contribution in [0.2, 0.25) is 5.02 Å². The van der Waals surface area contributed by atoms with Gasteiger partial charge in [-0.2, -0.15) is 4.98 Å². The van der Waals surface area contributed by atoms with Crippen molar-refractivity contribution in [3.63, 3.8) is 0 Å². The van der Waals surface area contributed by atoms with Crippen LogP contribution in [0.3, 0.4) is 0 Å². The Hall–Kier alpha value is -2.45. The van der Waals surface area contributed by atoms with Gasteiger partial charge >= 0.3 is 0 Å². The third-order valence-corrected chi connectivity index (χ3v) is 9.36. The van der Waals surface area contributed by atoms with Gasteiger partial charge in [0.1, 0.15) is 10.7 Å². The number of nitrogens with one attached hydrogen (secondary N) is 1. The zero-order valence-electron chi connectivity index (χ0n) is 20.0. The predicted molar refractivity (Wildman–Crippen MR) is 137 cm³/mol. The van der Waals surface area contributed by atoms with E-state index in [1.807, 2.05) is 20.8 Å². The Morgan fingerprint density at radius 3 is 2.50 bits per heavy atom. The lowest BCUT2D eigenvalue weighted by atomic mass is 9.87. The molecule has 0 aliphatic heterocycles. The molecule has 2 heterocycles. The van der Waals surface area contributed by atoms with E-state index in [0.717, 1.165) is 37.7 Å². The zero-order valence-corrected chi connectivity index (χ0v) is 21.6. The number of anilines is 2. The molecule has 1 fully saturated rings. The largest absolute Gasteiger partial charge is 0.324 e. The number of benzene rings is 1. The van der Waals surface area contributed by atoms with Crippen LogP contribution in [0.15, 0.2) is 40.2 Å². The molecule has 0 unspecified atom stereocenters. The van der Waals surface area contributed by atoms with Crippen LogP contribution in [-0.2, 0) is 9.84 Å². The summed E-state index contributed by atoms with van der Waals surface area (Å²) in [6, 6.07) is 6.57. The molecule has 0 bridgehead atoms. The zero-order chi connectivity index (χ0) is 24.6. The highest BCUT2D eigenvalue weighted by Gasteiger charge is 2.31. The first-order valence-corrected chi connectivity index (χ1v) is 13.7. The number of hydrogen-bond donors (Lipinski definition) is 1. The molecule has 0 atom stereocenters. The number of aromatic nitrogens is 3. The van der Waals surface area contributed by atoms with E-state index < -0.39 is 9.84 Å². The van der Waals surface area contributed by atoms with E-state index in [4.69, 9.17) is 11.6 Å². The highest BCUT2D eigenvalue weighted by Crippen LogP contribution is 2.34. The molecule has 4 rings (SSSR count). The van der Waals surface area contributed by atoms with Crippen LogP contribution in [0.4, 0.5) is 11.6 Å². The summed E-state index contributed by atoms with van der Waals surface area (Å²) in [6.07, 6.45) is 6.15. The maximum atomic E-state index is 13.2. The maximum Gasteiger partial charge on any atom is 0.271 e. The molecule has 2 aromatic heterocycles. The van der Waals surface area contributed by atoms with Crippen LogP contribution in [0.5, 0.6) is 0 Å². The Morgan fingerprint density at radius 2 is 1.88 bits per heavy atom. The highest BCUT2D eigenvalue weighted by molar-refractivity contribution is 7.92. The van der Waals surface area contributed by atoms with Gasteiger partial charge in [-0.25, -0.2) is 13.4 Å². The van der Waals surface area contributed by atoms with E-state index in [2.05, 4.69) is 22.2 Å². The van der Waals surface area contributed by atoms with Crippen molar-refractivity contribution in [1.82, 2.24) is 14.5 Å². The molecule has 1 saturated carbocycles. The predicted octanol–water partition coefficient (Wildman–Crippen LogP) is 5.82. The average Bonchev–Trinajstić information content (AvgIpc) is 2.81. The van der Waals surface area contributed by atoms with Gasteiger partial charge in [0.2, 0.25) is 5.95 Å². The van der Waals surface area contributed by atoms with Crippen LogP contribution in [-0.4, -0.2) is 28.2 Å². The molecule has 1 aliphatic carbocycles. The van der Waals surface area contributed by atoms with Gasteiger partial charge in [-0.05, 0) is 82.2 Å². The second kappa shape index (κ2) is 9.66. The summed E-state index contributed by atoms with van der Waals surface area (Å²) >= 11 is 6.10. The molecule has 0 spiro atoms. The quantitative estimate of drug-likeness (QED) is 0.456. The van der Waals surface area contributed by atoms with Crippen LogP contribution in [0.1, 0.15) is 64.5 Å². The molecular formula is C25H31ClN4O3S. The number of rotatable bonds is 6. The SMILES string of the molecule is CC[C@H]1CC[C@@H](S(=O)(=O)c2ccc(Nc3ncc4cc(Cl)c(=O)n(C(C)C)c4n3)c(C)c2)CC1. The minimum Gasteiger partial charge on any atom is -0.324 e. The molecular weight excluding hydrogens is 472 g/mol. The summed E-state index contributed by atoms with van der Waals surface area (Å²) in [5, 5.41) is 3.66. The van der Waals surface area contributed by atoms with Gasteiger partial charge in [-0.15, -0.1) is 0 Å². The van der Waals surface area contributed by atoms with Crippen molar-refractivity contribution in [3.05, 3.63) is 51.4 Å². The fourth-order valence-corrected chi connectivity index (χ4v) is 6.83. The summed E-state index contributed by atoms with van der Waals surface area (Å²) in [4.78, 5) is 21.8. The van der Waals surface area contributed by atoms with E-state index in [0.29, 0.717) is 33.5 Å². The third-order valence-electron chi connectivity index (χ3n) is 6.83. The van der Waals surface area contributed by atoms with Crippen molar-refractivity contribution in [1.29, 1.82) is 0 Å². The molecule has 1 aromatic carbocycles. The second-order valence-electron chi connectivity index (χ2n) is 9.43. The molecule has 0 radical (unpaired) electrons. The number of aryl methyl sites for hydroxylation is 1. The Balaban J connectivity index is 1.61. The van der Waals surface area contributed by atoms with Gasteiger partial charge < -0.3 is 5.32 Å². The lowest BCUT2D eigenvalue weighted by Gasteiger charge is -2.27. The fourth-order valence-electron chi connectivity index (χ4n) is 4.74. The fraction of sp³-hybridized carbons (Fsp3) is 0.480. The Labute approximate surface area is 205 Å². The lowest BCUT2D eigenvalue weighted by molar-refractivity contribution is 0.348. The number of hydrogen-bond acceptors (Lipinski definition) is 6. The van der Waals surface area contributed by atoms with Gasteiger partial charge in [-0.1, -0.05) is 24.9 Å². The Morgan fingerprint density at radius 1 is 1.18 bits per heavy atom. The molecule has 9 heteroatoms. The van der Waals surface area contributed by atoms with Crippen molar-refractivity contribution in [2.75, 3.05) is 5.32 Å². The highest BCUT2D eigenvalue weighted by atomic mass is 35.5. The van der Waals surface area contributed by atoms with Crippen molar-refractivity contribution >= 4 is 44.1 Å². The number of halogens is 1. The molecule has 182 valence electrons. The van der Waals surface area contributed by atoms with E-state index in [9.17, 15) is 13.2 Å². The minimum absolute atomic E-state index is 0.126. The van der Waals surface area contributed by atoms with E-state index in [1.54, 1.807) is 35.0 Å². The monoisotopic (exact) mass is 502 g/mol. The minimum atomic E-state index is -3.37. The van der Waals surface area contributed by atoms with Gasteiger partial charge in [0.25, 0.3) is 5.56 Å². The maximum absolute atomic E-state index is 13.2. The van der Waals surface area contributed by atoms with Crippen molar-refractivity contribution in [2.45, 2.75) is 76.0 Å². The van der Waals surface area contributed by atoms with E-state index in [1.165, 1.54) is 0 Å². The van der Waals surface area contributed by atoms with Crippen LogP contribution < -0.4 is 10.9 Å². The molecule has 0 amide bonds. The smallest absolute Gasteiger partial charge is 0.271 e. The molecule has 3 aromatic rings. The van der Waals surface area contributed by atoms with Crippen LogP contribution in [0, 0.1) is 12.8 Å². The molecule has 1 aliphatic rings. The lowest BCUT2D eigenvalue weighted by Crippen LogP contribution is -2.27. The molecule has 34 heavy (non-hydrogen) atoms. The summed E-state index contributed by atoms with van der Waals surface area (Å²) < 4.78 is 28.0. The number of sulfone groups is 1. The molecule has 1 N–H and O–H groups in total. The topological polar surface area (TPSA) is 94.0 Å². The van der Waals surface area contributed by atoms with Crippen molar-refractivity contribution in [3.8, 4) is 0 Å². The standard InChI is InChI=1S/C25H31ClN4O3S/c1-5-17-6-8-19(9-7-17)34(32,33)20-10-11-22(16(4)12-20)28-25-27-14-18-13-21(26)24(31)30(15(2)3)23(18)29-25/h10-15,17,19H,5-9H2,1-4H3,(H,27,28,29)/t17-,19+. The number of pyridine rings is 1. The summed E-state index contributed by atoms with van der Waals surface area (Å²) in [5.74, 6) is 0.963. The first-order valence-electron chi connectivity index (χ1n) is 11.8. The molecule has 0 saturated heterocycles. The summed E-state index contributed by atoms with van der Waals surface area (Å²) in [5.41, 5.74) is 1.68. The number of nitrogens with zero attached hydrogens (tertiary/aromatic N) is 3. The third kappa shape index (κ3) is 4.70. The summed E-state index contributed by atoms with van der Waals surface area (Å²) in [7, 11) is -3.37. The van der Waals surface area contributed by atoms with Crippen molar-refractivity contribution in [2.24, 2.45) is 5.92 Å². The Kier molecular flexibility index (Phi) is 7.01. The Bertz CT molecular complexity index is 1380. The van der Waals surface area contributed by atoms with Crippen molar-refractivity contribution < 1.29 is 8.42 Å². The van der Waals surface area contributed by atoms with Crippen LogP contribution >= 0.6 is 11.6 Å². The van der Waals surface area contributed by atoms with Gasteiger partial charge in [0.15, 0.2) is 9.84 Å². The summed E-state index contributed by atoms with van der Waals surface area (Å²) in [6.45, 7) is 7.82. The first-order chi connectivity index (χ1) is 16.1. The average molecular weight is 503 g/mol. The van der Waals surface area contributed by atoms with Gasteiger partial charge in [-0.3, -0.25) is 9.36 Å². The number of fused-ring (bicyclic) bond motifs is 1. The van der Waals surface area contributed by atoms with Crippen LogP contribution in [0.25, 0.3) is 11.0 Å². The van der Waals surface area contributed by atoms with E-state index >= 15 is 0 Å². The first kappa shape index (κ1) is 24.7. The van der Waals surface area contributed by atoms with Gasteiger partial charge in [0.05, 0.1) is 10.1 Å².